The maximum Gasteiger partial charge on any atom is 0.165 e. The zero-order valence-corrected chi connectivity index (χ0v) is 14.0. The van der Waals surface area contributed by atoms with Crippen LogP contribution in [-0.4, -0.2) is 14.2 Å². The largest absolute Gasteiger partial charge is 0.494 e. The molecule has 2 rings (SSSR count). The van der Waals surface area contributed by atoms with Gasteiger partial charge in [0, 0.05) is 3.57 Å². The lowest BCUT2D eigenvalue weighted by Gasteiger charge is -2.18. The molecule has 0 radical (unpaired) electrons. The van der Waals surface area contributed by atoms with E-state index in [1.54, 1.807) is 6.07 Å². The van der Waals surface area contributed by atoms with Crippen LogP contribution >= 0.6 is 34.2 Å². The molecule has 0 spiro atoms. The lowest BCUT2D eigenvalue weighted by atomic mass is 9.98. The minimum Gasteiger partial charge on any atom is -0.494 e. The highest BCUT2D eigenvalue weighted by Crippen LogP contribution is 2.29. The molecule has 20 heavy (non-hydrogen) atoms. The zero-order valence-electron chi connectivity index (χ0n) is 11.1. The number of rotatable bonds is 4. The molecule has 5 heteroatoms. The summed E-state index contributed by atoms with van der Waals surface area (Å²) in [6.45, 7) is 0. The van der Waals surface area contributed by atoms with Crippen molar-refractivity contribution in [2.75, 3.05) is 14.2 Å². The Labute approximate surface area is 136 Å². The summed E-state index contributed by atoms with van der Waals surface area (Å²) >= 11 is 8.33. The van der Waals surface area contributed by atoms with Crippen LogP contribution in [0.2, 0.25) is 5.02 Å². The maximum absolute atomic E-state index is 13.8. The molecule has 106 valence electrons. The van der Waals surface area contributed by atoms with Crippen LogP contribution in [0.5, 0.6) is 5.75 Å². The number of nitrogens with one attached hydrogen (secondary N) is 1. The van der Waals surface area contributed by atoms with Gasteiger partial charge in [-0.05, 0) is 65.0 Å². The highest BCUT2D eigenvalue weighted by molar-refractivity contribution is 14.1. The normalized spacial score (nSPS) is 12.2. The molecule has 0 aliphatic heterocycles. The van der Waals surface area contributed by atoms with E-state index >= 15 is 0 Å². The monoisotopic (exact) mass is 405 g/mol. The van der Waals surface area contributed by atoms with E-state index < -0.39 is 0 Å². The summed E-state index contributed by atoms with van der Waals surface area (Å²) < 4.78 is 19.8. The number of methoxy groups -OCH3 is 1. The fraction of sp³-hybridized carbons (Fsp3) is 0.200. The average molecular weight is 406 g/mol. The highest BCUT2D eigenvalue weighted by atomic mass is 127. The van der Waals surface area contributed by atoms with E-state index in [2.05, 4.69) is 27.9 Å². The summed E-state index contributed by atoms with van der Waals surface area (Å²) in [5.41, 5.74) is 1.81. The molecule has 0 bridgehead atoms. The Hall–Kier alpha value is -0.850. The van der Waals surface area contributed by atoms with Crippen molar-refractivity contribution in [3.05, 3.63) is 61.9 Å². The Morgan fingerprint density at radius 3 is 2.40 bits per heavy atom. The van der Waals surface area contributed by atoms with Crippen molar-refractivity contribution in [2.45, 2.75) is 6.04 Å². The lowest BCUT2D eigenvalue weighted by molar-refractivity contribution is 0.386. The Kier molecular flexibility index (Phi) is 5.23. The standard InChI is InChI=1S/C15H14ClFINO/c1-19-15(9-3-5-13(18)11(16)7-9)10-4-6-14(20-2)12(17)8-10/h3-8,15,19H,1-2H3. The van der Waals surface area contributed by atoms with E-state index in [1.165, 1.54) is 13.2 Å². The van der Waals surface area contributed by atoms with E-state index in [1.807, 2.05) is 31.3 Å². The second-order valence-corrected chi connectivity index (χ2v) is 5.86. The molecule has 1 atom stereocenters. The molecular weight excluding hydrogens is 392 g/mol. The van der Waals surface area contributed by atoms with Gasteiger partial charge in [-0.3, -0.25) is 0 Å². The van der Waals surface area contributed by atoms with E-state index in [9.17, 15) is 4.39 Å². The first-order chi connectivity index (χ1) is 9.56. The number of ether oxygens (including phenoxy) is 1. The van der Waals surface area contributed by atoms with E-state index in [-0.39, 0.29) is 17.6 Å². The Morgan fingerprint density at radius 1 is 1.20 bits per heavy atom. The summed E-state index contributed by atoms with van der Waals surface area (Å²) in [5, 5.41) is 3.87. The van der Waals surface area contributed by atoms with Crippen molar-refractivity contribution in [3.8, 4) is 5.75 Å². The molecule has 0 saturated carbocycles. The Bertz CT molecular complexity index is 621. The van der Waals surface area contributed by atoms with E-state index in [4.69, 9.17) is 16.3 Å². The molecule has 0 saturated heterocycles. The van der Waals surface area contributed by atoms with Crippen LogP contribution in [-0.2, 0) is 0 Å². The molecule has 2 aromatic carbocycles. The SMILES string of the molecule is CNC(c1ccc(OC)c(F)c1)c1ccc(I)c(Cl)c1. The van der Waals surface area contributed by atoms with Crippen molar-refractivity contribution in [1.29, 1.82) is 0 Å². The molecule has 2 aromatic rings. The molecule has 1 N–H and O–H groups in total. The fourth-order valence-electron chi connectivity index (χ4n) is 2.08. The van der Waals surface area contributed by atoms with Gasteiger partial charge in [0.1, 0.15) is 0 Å². The first-order valence-electron chi connectivity index (χ1n) is 6.02. The topological polar surface area (TPSA) is 21.3 Å². The summed E-state index contributed by atoms with van der Waals surface area (Å²) in [7, 11) is 3.28. The van der Waals surface area contributed by atoms with Gasteiger partial charge in [0.05, 0.1) is 18.2 Å². The quantitative estimate of drug-likeness (QED) is 0.761. The predicted octanol–water partition coefficient (Wildman–Crippen LogP) is 4.40. The van der Waals surface area contributed by atoms with Gasteiger partial charge in [0.2, 0.25) is 0 Å². The molecule has 1 unspecified atom stereocenters. The van der Waals surface area contributed by atoms with Gasteiger partial charge in [-0.15, -0.1) is 0 Å². The minimum absolute atomic E-state index is 0.120. The molecule has 0 amide bonds. The fourth-order valence-corrected chi connectivity index (χ4v) is 2.60. The van der Waals surface area contributed by atoms with Crippen LogP contribution in [0.1, 0.15) is 17.2 Å². The molecule has 2 nitrogen and oxygen atoms in total. The van der Waals surface area contributed by atoms with Gasteiger partial charge in [0.15, 0.2) is 11.6 Å². The second-order valence-electron chi connectivity index (χ2n) is 4.29. The predicted molar refractivity (Wildman–Crippen MR) is 88.0 cm³/mol. The second kappa shape index (κ2) is 6.74. The van der Waals surface area contributed by atoms with Gasteiger partial charge < -0.3 is 10.1 Å². The van der Waals surface area contributed by atoms with Gasteiger partial charge in [-0.25, -0.2) is 4.39 Å². The molecule has 0 aliphatic rings. The molecule has 0 aromatic heterocycles. The molecule has 0 heterocycles. The van der Waals surface area contributed by atoms with Crippen LogP contribution in [0.3, 0.4) is 0 Å². The summed E-state index contributed by atoms with van der Waals surface area (Å²) in [4.78, 5) is 0. The number of hydrogen-bond donors (Lipinski definition) is 1. The van der Waals surface area contributed by atoms with Crippen LogP contribution in [0.25, 0.3) is 0 Å². The van der Waals surface area contributed by atoms with Crippen molar-refractivity contribution in [1.82, 2.24) is 5.32 Å². The number of hydrogen-bond acceptors (Lipinski definition) is 2. The Morgan fingerprint density at radius 2 is 1.85 bits per heavy atom. The zero-order chi connectivity index (χ0) is 14.7. The van der Waals surface area contributed by atoms with Crippen molar-refractivity contribution < 1.29 is 9.13 Å². The van der Waals surface area contributed by atoms with Crippen LogP contribution < -0.4 is 10.1 Å². The minimum atomic E-state index is -0.373. The number of benzene rings is 2. The van der Waals surface area contributed by atoms with Gasteiger partial charge in [0.25, 0.3) is 0 Å². The highest BCUT2D eigenvalue weighted by Gasteiger charge is 2.15. The Balaban J connectivity index is 2.41. The third-order valence-corrected chi connectivity index (χ3v) is 4.65. The third-order valence-electron chi connectivity index (χ3n) is 3.07. The van der Waals surface area contributed by atoms with Gasteiger partial charge in [-0.1, -0.05) is 23.7 Å². The van der Waals surface area contributed by atoms with Crippen LogP contribution in [0, 0.1) is 9.39 Å². The summed E-state index contributed by atoms with van der Waals surface area (Å²) in [5.74, 6) is -0.133. The molecular formula is C15H14ClFINO. The third kappa shape index (κ3) is 3.24. The van der Waals surface area contributed by atoms with Crippen molar-refractivity contribution >= 4 is 34.2 Å². The lowest BCUT2D eigenvalue weighted by Crippen LogP contribution is -2.18. The first kappa shape index (κ1) is 15.5. The van der Waals surface area contributed by atoms with Gasteiger partial charge >= 0.3 is 0 Å². The molecule has 0 aliphatic carbocycles. The molecule has 0 fully saturated rings. The van der Waals surface area contributed by atoms with E-state index in [0.29, 0.717) is 5.02 Å². The number of halogens is 3. The first-order valence-corrected chi connectivity index (χ1v) is 7.48. The van der Waals surface area contributed by atoms with Crippen LogP contribution in [0.4, 0.5) is 4.39 Å². The van der Waals surface area contributed by atoms with E-state index in [0.717, 1.165) is 14.7 Å². The average Bonchev–Trinajstić information content (AvgIpc) is 2.44. The summed E-state index contributed by atoms with van der Waals surface area (Å²) in [6.07, 6.45) is 0. The maximum atomic E-state index is 13.8. The van der Waals surface area contributed by atoms with Gasteiger partial charge in [-0.2, -0.15) is 0 Å². The smallest absolute Gasteiger partial charge is 0.165 e. The van der Waals surface area contributed by atoms with Crippen molar-refractivity contribution in [3.63, 3.8) is 0 Å². The van der Waals surface area contributed by atoms with Crippen LogP contribution in [0.15, 0.2) is 36.4 Å². The van der Waals surface area contributed by atoms with Crippen molar-refractivity contribution in [2.24, 2.45) is 0 Å². The summed E-state index contributed by atoms with van der Waals surface area (Å²) in [6, 6.07) is 10.7.